The number of carbonyl (C=O) groups excluding carboxylic acids is 1. The first-order valence-electron chi connectivity index (χ1n) is 10.1. The lowest BCUT2D eigenvalue weighted by Gasteiger charge is -2.25. The first kappa shape index (κ1) is 19.3. The Hall–Kier alpha value is -2.05. The molecule has 1 aromatic heterocycles. The number of benzene rings is 1. The predicted octanol–water partition coefficient (Wildman–Crippen LogP) is 3.44. The molecule has 3 heterocycles. The van der Waals surface area contributed by atoms with Crippen LogP contribution in [0.25, 0.3) is 0 Å². The number of rotatable bonds is 7. The molecule has 2 aliphatic rings. The van der Waals surface area contributed by atoms with Crippen LogP contribution in [-0.4, -0.2) is 58.7 Å². The molecule has 0 unspecified atom stereocenters. The minimum atomic E-state index is 0.223. The summed E-state index contributed by atoms with van der Waals surface area (Å²) >= 11 is 6.12. The molecule has 6 nitrogen and oxygen atoms in total. The molecule has 4 rings (SSSR count). The molecule has 2 aliphatic heterocycles. The van der Waals surface area contributed by atoms with Gasteiger partial charge in [0.05, 0.1) is 29.9 Å². The van der Waals surface area contributed by atoms with Gasteiger partial charge in [0, 0.05) is 25.2 Å². The molecule has 0 spiro atoms. The molecule has 0 bridgehead atoms. The number of para-hydroxylation sites is 1. The Morgan fingerprint density at radius 3 is 2.86 bits per heavy atom. The third-order valence-corrected chi connectivity index (χ3v) is 5.93. The van der Waals surface area contributed by atoms with Crippen LogP contribution in [0.1, 0.15) is 43.1 Å². The van der Waals surface area contributed by atoms with Crippen LogP contribution in [0.5, 0.6) is 5.75 Å². The third-order valence-electron chi connectivity index (χ3n) is 5.62. The van der Waals surface area contributed by atoms with Crippen LogP contribution in [0, 0.1) is 0 Å². The van der Waals surface area contributed by atoms with Crippen LogP contribution in [0.4, 0.5) is 0 Å². The number of nitrogens with one attached hydrogen (secondary N) is 1. The average molecular weight is 403 g/mol. The number of aromatic amines is 1. The van der Waals surface area contributed by atoms with E-state index in [9.17, 15) is 4.79 Å². The quantitative estimate of drug-likeness (QED) is 0.770. The van der Waals surface area contributed by atoms with E-state index in [-0.39, 0.29) is 11.9 Å². The highest BCUT2D eigenvalue weighted by Gasteiger charge is 2.31. The van der Waals surface area contributed by atoms with Gasteiger partial charge in [-0.15, -0.1) is 0 Å². The fraction of sp³-hybridized carbons (Fsp3) is 0.524. The van der Waals surface area contributed by atoms with Crippen molar-refractivity contribution in [2.24, 2.45) is 0 Å². The lowest BCUT2D eigenvalue weighted by molar-refractivity contribution is -0.131. The van der Waals surface area contributed by atoms with E-state index in [1.165, 1.54) is 0 Å². The molecule has 28 heavy (non-hydrogen) atoms. The molecule has 150 valence electrons. The maximum absolute atomic E-state index is 12.5. The SMILES string of the molecule is O=C(CN1CCC[C@@H]1c1cc(CCOc2ccccc2Cl)[nH]n1)N1CCCC1. The summed E-state index contributed by atoms with van der Waals surface area (Å²) in [6.45, 7) is 3.82. The normalized spacial score (nSPS) is 20.0. The van der Waals surface area contributed by atoms with Crippen molar-refractivity contribution in [2.45, 2.75) is 38.1 Å². The van der Waals surface area contributed by atoms with Gasteiger partial charge in [0.2, 0.25) is 5.91 Å². The Bertz CT molecular complexity index is 803. The first-order valence-corrected chi connectivity index (χ1v) is 10.5. The van der Waals surface area contributed by atoms with E-state index in [0.29, 0.717) is 23.9 Å². The summed E-state index contributed by atoms with van der Waals surface area (Å²) < 4.78 is 5.77. The van der Waals surface area contributed by atoms with Crippen LogP contribution in [0.2, 0.25) is 5.02 Å². The van der Waals surface area contributed by atoms with Crippen LogP contribution in [-0.2, 0) is 11.2 Å². The van der Waals surface area contributed by atoms with Gasteiger partial charge in [0.1, 0.15) is 5.75 Å². The number of halogens is 1. The minimum Gasteiger partial charge on any atom is -0.492 e. The molecule has 1 atom stereocenters. The van der Waals surface area contributed by atoms with Crippen LogP contribution in [0.15, 0.2) is 30.3 Å². The highest BCUT2D eigenvalue weighted by molar-refractivity contribution is 6.32. The zero-order chi connectivity index (χ0) is 19.3. The standard InChI is InChI=1S/C21H27ClN4O2/c22-17-6-1-2-8-20(17)28-13-9-16-14-18(24-23-16)19-7-5-12-26(19)15-21(27)25-10-3-4-11-25/h1-2,6,8,14,19H,3-5,7,9-13,15H2,(H,23,24)/t19-/m1/s1. The van der Waals surface area contributed by atoms with Gasteiger partial charge < -0.3 is 9.64 Å². The summed E-state index contributed by atoms with van der Waals surface area (Å²) in [6, 6.07) is 9.82. The summed E-state index contributed by atoms with van der Waals surface area (Å²) in [5, 5.41) is 8.27. The second-order valence-electron chi connectivity index (χ2n) is 7.56. The number of amides is 1. The molecule has 2 fully saturated rings. The van der Waals surface area contributed by atoms with Crippen LogP contribution in [0.3, 0.4) is 0 Å². The zero-order valence-corrected chi connectivity index (χ0v) is 16.8. The van der Waals surface area contributed by atoms with E-state index in [0.717, 1.165) is 63.1 Å². The molecular formula is C21H27ClN4O2. The second kappa shape index (κ2) is 8.97. The van der Waals surface area contributed by atoms with Crippen LogP contribution < -0.4 is 4.74 Å². The third kappa shape index (κ3) is 4.50. The molecule has 2 saturated heterocycles. The number of H-pyrrole nitrogens is 1. The highest BCUT2D eigenvalue weighted by Crippen LogP contribution is 2.31. The van der Waals surface area contributed by atoms with Crippen LogP contribution >= 0.6 is 11.6 Å². The van der Waals surface area contributed by atoms with Gasteiger partial charge in [-0.25, -0.2) is 0 Å². The summed E-state index contributed by atoms with van der Waals surface area (Å²) in [5.74, 6) is 0.958. The van der Waals surface area contributed by atoms with E-state index < -0.39 is 0 Å². The molecule has 2 aromatic rings. The molecule has 1 N–H and O–H groups in total. The maximum Gasteiger partial charge on any atom is 0.236 e. The van der Waals surface area contributed by atoms with E-state index in [4.69, 9.17) is 16.3 Å². The van der Waals surface area contributed by atoms with Gasteiger partial charge in [0.15, 0.2) is 0 Å². The molecule has 7 heteroatoms. The number of hydrogen-bond acceptors (Lipinski definition) is 4. The Labute approximate surface area is 170 Å². The van der Waals surface area contributed by atoms with Gasteiger partial charge in [-0.1, -0.05) is 23.7 Å². The van der Waals surface area contributed by atoms with Gasteiger partial charge in [0.25, 0.3) is 0 Å². The fourth-order valence-electron chi connectivity index (χ4n) is 4.10. The van der Waals surface area contributed by atoms with E-state index in [1.54, 1.807) is 0 Å². The van der Waals surface area contributed by atoms with Crippen molar-refractivity contribution in [1.82, 2.24) is 20.0 Å². The lowest BCUT2D eigenvalue weighted by Crippen LogP contribution is -2.38. The van der Waals surface area contributed by atoms with Crippen molar-refractivity contribution < 1.29 is 9.53 Å². The summed E-state index contributed by atoms with van der Waals surface area (Å²) in [7, 11) is 0. The second-order valence-corrected chi connectivity index (χ2v) is 7.97. The summed E-state index contributed by atoms with van der Waals surface area (Å²) in [5.41, 5.74) is 2.07. The highest BCUT2D eigenvalue weighted by atomic mass is 35.5. The number of nitrogens with zero attached hydrogens (tertiary/aromatic N) is 3. The topological polar surface area (TPSA) is 61.5 Å². The van der Waals surface area contributed by atoms with E-state index in [2.05, 4.69) is 21.2 Å². The van der Waals surface area contributed by atoms with Gasteiger partial charge >= 0.3 is 0 Å². The molecule has 0 radical (unpaired) electrons. The predicted molar refractivity (Wildman–Crippen MR) is 109 cm³/mol. The Morgan fingerprint density at radius 1 is 1.21 bits per heavy atom. The number of ether oxygens (including phenoxy) is 1. The lowest BCUT2D eigenvalue weighted by atomic mass is 10.1. The van der Waals surface area contributed by atoms with Crippen molar-refractivity contribution in [1.29, 1.82) is 0 Å². The number of likely N-dealkylation sites (tertiary alicyclic amines) is 2. The Kier molecular flexibility index (Phi) is 6.17. The van der Waals surface area contributed by atoms with Crippen molar-refractivity contribution in [3.63, 3.8) is 0 Å². The molecule has 1 amide bonds. The van der Waals surface area contributed by atoms with Gasteiger partial charge in [-0.2, -0.15) is 5.10 Å². The minimum absolute atomic E-state index is 0.223. The Balaban J connectivity index is 1.31. The van der Waals surface area contributed by atoms with E-state index >= 15 is 0 Å². The molecule has 1 aromatic carbocycles. The number of carbonyl (C=O) groups is 1. The fourth-order valence-corrected chi connectivity index (χ4v) is 4.29. The molecular weight excluding hydrogens is 376 g/mol. The van der Waals surface area contributed by atoms with Crippen molar-refractivity contribution in [2.75, 3.05) is 32.8 Å². The van der Waals surface area contributed by atoms with Crippen molar-refractivity contribution in [3.8, 4) is 5.75 Å². The largest absolute Gasteiger partial charge is 0.492 e. The van der Waals surface area contributed by atoms with Gasteiger partial charge in [-0.05, 0) is 50.4 Å². The maximum atomic E-state index is 12.5. The van der Waals surface area contributed by atoms with Crippen molar-refractivity contribution >= 4 is 17.5 Å². The Morgan fingerprint density at radius 2 is 2.04 bits per heavy atom. The number of hydrogen-bond donors (Lipinski definition) is 1. The average Bonchev–Trinajstić information content (AvgIpc) is 3.45. The monoisotopic (exact) mass is 402 g/mol. The van der Waals surface area contributed by atoms with Crippen molar-refractivity contribution in [3.05, 3.63) is 46.7 Å². The summed E-state index contributed by atoms with van der Waals surface area (Å²) in [4.78, 5) is 16.8. The molecule has 0 aliphatic carbocycles. The van der Waals surface area contributed by atoms with E-state index in [1.807, 2.05) is 29.2 Å². The first-order chi connectivity index (χ1) is 13.7. The number of aromatic nitrogens is 2. The smallest absolute Gasteiger partial charge is 0.236 e. The molecule has 0 saturated carbocycles. The zero-order valence-electron chi connectivity index (χ0n) is 16.1. The van der Waals surface area contributed by atoms with Gasteiger partial charge in [-0.3, -0.25) is 14.8 Å². The summed E-state index contributed by atoms with van der Waals surface area (Å²) in [6.07, 6.45) is 5.16.